The van der Waals surface area contributed by atoms with E-state index in [4.69, 9.17) is 0 Å². The number of hydrogen-bond acceptors (Lipinski definition) is 6. The minimum Gasteiger partial charge on any atom is -0.466 e. The van der Waals surface area contributed by atoms with Crippen molar-refractivity contribution >= 4 is 29.5 Å². The summed E-state index contributed by atoms with van der Waals surface area (Å²) < 4.78 is 8.77. The minimum absolute atomic E-state index is 0.180. The highest BCUT2D eigenvalue weighted by molar-refractivity contribution is 7.98. The molecular formula is C10H14O5S. The van der Waals surface area contributed by atoms with Crippen LogP contribution in [-0.2, 0) is 23.9 Å². The molecule has 0 aliphatic heterocycles. The molecule has 6 heteroatoms. The van der Waals surface area contributed by atoms with Gasteiger partial charge in [0.05, 0.1) is 14.2 Å². The normalized spacial score (nSPS) is 10.8. The van der Waals surface area contributed by atoms with Crippen molar-refractivity contribution in [3.63, 3.8) is 0 Å². The Morgan fingerprint density at radius 2 is 1.81 bits per heavy atom. The summed E-state index contributed by atoms with van der Waals surface area (Å²) in [4.78, 5) is 33.8. The largest absolute Gasteiger partial charge is 0.466 e. The van der Waals surface area contributed by atoms with Crippen LogP contribution in [0.3, 0.4) is 0 Å². The highest BCUT2D eigenvalue weighted by atomic mass is 32.2. The first-order chi connectivity index (χ1) is 7.56. The van der Waals surface area contributed by atoms with E-state index in [0.29, 0.717) is 5.75 Å². The summed E-state index contributed by atoms with van der Waals surface area (Å²) in [5.41, 5.74) is -0.275. The van der Waals surface area contributed by atoms with Gasteiger partial charge in [0, 0.05) is 18.2 Å². The molecule has 0 aliphatic rings. The predicted molar refractivity (Wildman–Crippen MR) is 60.1 cm³/mol. The monoisotopic (exact) mass is 246 g/mol. The fraction of sp³-hybridized carbons (Fsp3) is 0.500. The summed E-state index contributed by atoms with van der Waals surface area (Å²) in [7, 11) is 2.31. The van der Waals surface area contributed by atoms with Crippen molar-refractivity contribution in [2.24, 2.45) is 0 Å². The van der Waals surface area contributed by atoms with Crippen LogP contribution < -0.4 is 0 Å². The van der Waals surface area contributed by atoms with Gasteiger partial charge in [-0.05, 0) is 6.26 Å². The molecule has 0 aromatic heterocycles. The lowest BCUT2D eigenvalue weighted by Crippen LogP contribution is -2.17. The van der Waals surface area contributed by atoms with E-state index in [2.05, 4.69) is 9.47 Å². The Balaban J connectivity index is 4.80. The molecule has 0 unspecified atom stereocenters. The van der Waals surface area contributed by atoms with Gasteiger partial charge in [-0.15, -0.1) is 0 Å². The number of thioether (sulfide) groups is 1. The summed E-state index contributed by atoms with van der Waals surface area (Å²) in [6.07, 6.45) is 2.88. The summed E-state index contributed by atoms with van der Waals surface area (Å²) in [5.74, 6) is -1.42. The molecule has 0 N–H and O–H groups in total. The van der Waals surface area contributed by atoms with Gasteiger partial charge in [0.25, 0.3) is 0 Å². The van der Waals surface area contributed by atoms with Crippen LogP contribution in [-0.4, -0.2) is 44.0 Å². The van der Waals surface area contributed by atoms with Gasteiger partial charge in [0.15, 0.2) is 5.78 Å². The number of Topliss-reactive ketones (excluding diaryl/α,β-unsaturated/α-hetero) is 1. The van der Waals surface area contributed by atoms with E-state index in [1.54, 1.807) is 0 Å². The van der Waals surface area contributed by atoms with E-state index in [0.717, 1.165) is 13.2 Å². The lowest BCUT2D eigenvalue weighted by atomic mass is 10.1. The number of ether oxygens (including phenoxy) is 2. The highest BCUT2D eigenvalue weighted by Gasteiger charge is 2.20. The summed E-state index contributed by atoms with van der Waals surface area (Å²) in [6.45, 7) is 0. The van der Waals surface area contributed by atoms with E-state index >= 15 is 0 Å². The first-order valence-corrected chi connectivity index (χ1v) is 5.86. The van der Waals surface area contributed by atoms with E-state index in [9.17, 15) is 14.4 Å². The van der Waals surface area contributed by atoms with Gasteiger partial charge in [0.1, 0.15) is 5.57 Å². The quantitative estimate of drug-likeness (QED) is 0.295. The zero-order valence-electron chi connectivity index (χ0n) is 9.44. The van der Waals surface area contributed by atoms with Gasteiger partial charge in [-0.2, -0.15) is 11.8 Å². The average Bonchev–Trinajstić information content (AvgIpc) is 2.31. The number of esters is 2. The van der Waals surface area contributed by atoms with Gasteiger partial charge in [-0.1, -0.05) is 0 Å². The van der Waals surface area contributed by atoms with E-state index in [-0.39, 0.29) is 12.0 Å². The van der Waals surface area contributed by atoms with Gasteiger partial charge < -0.3 is 9.47 Å². The average molecular weight is 246 g/mol. The molecule has 0 radical (unpaired) electrons. The van der Waals surface area contributed by atoms with Crippen molar-refractivity contribution in [1.29, 1.82) is 0 Å². The number of ketones is 1. The second-order valence-electron chi connectivity index (χ2n) is 2.74. The number of methoxy groups -OCH3 is 2. The second kappa shape index (κ2) is 7.92. The lowest BCUT2D eigenvalue weighted by Gasteiger charge is -2.03. The molecule has 0 heterocycles. The van der Waals surface area contributed by atoms with E-state index in [1.165, 1.54) is 18.9 Å². The number of rotatable bonds is 6. The third kappa shape index (κ3) is 4.97. The molecule has 0 aliphatic carbocycles. The van der Waals surface area contributed by atoms with Gasteiger partial charge in [-0.25, -0.2) is 9.59 Å². The Morgan fingerprint density at radius 1 is 1.19 bits per heavy atom. The van der Waals surface area contributed by atoms with Gasteiger partial charge in [-0.3, -0.25) is 4.79 Å². The molecule has 0 fully saturated rings. The molecule has 0 rings (SSSR count). The maximum atomic E-state index is 11.6. The van der Waals surface area contributed by atoms with Crippen LogP contribution in [0.1, 0.15) is 6.42 Å². The molecule has 0 spiro atoms. The molecular weight excluding hydrogens is 232 g/mol. The van der Waals surface area contributed by atoms with Crippen LogP contribution in [0.2, 0.25) is 0 Å². The second-order valence-corrected chi connectivity index (χ2v) is 3.72. The van der Waals surface area contributed by atoms with Crippen LogP contribution >= 0.6 is 11.8 Å². The molecule has 16 heavy (non-hydrogen) atoms. The van der Waals surface area contributed by atoms with E-state index in [1.807, 2.05) is 6.26 Å². The van der Waals surface area contributed by atoms with Crippen molar-refractivity contribution in [2.75, 3.05) is 26.2 Å². The Bertz CT molecular complexity index is 308. The predicted octanol–water partition coefficient (Wildman–Crippen LogP) is 0.581. The molecule has 0 aromatic carbocycles. The standard InChI is InChI=1S/C10H14O5S/c1-14-9(12)6-7(10(13)15-2)8(11)4-5-16-3/h6H,4-5H2,1-3H3/b7-6-. The molecule has 0 atom stereocenters. The highest BCUT2D eigenvalue weighted by Crippen LogP contribution is 2.06. The molecule has 0 saturated carbocycles. The Morgan fingerprint density at radius 3 is 2.25 bits per heavy atom. The first kappa shape index (κ1) is 14.7. The van der Waals surface area contributed by atoms with Crippen molar-refractivity contribution in [2.45, 2.75) is 6.42 Å². The zero-order chi connectivity index (χ0) is 12.6. The summed E-state index contributed by atoms with van der Waals surface area (Å²) in [5, 5.41) is 0. The maximum Gasteiger partial charge on any atom is 0.341 e. The maximum absolute atomic E-state index is 11.6. The summed E-state index contributed by atoms with van der Waals surface area (Å²) >= 11 is 1.47. The van der Waals surface area contributed by atoms with E-state index < -0.39 is 17.7 Å². The fourth-order valence-corrected chi connectivity index (χ4v) is 1.26. The SMILES string of the molecule is COC(=O)/C=C(/C(=O)CCSC)C(=O)OC. The molecule has 90 valence electrons. The van der Waals surface area contributed by atoms with Crippen molar-refractivity contribution in [1.82, 2.24) is 0 Å². The van der Waals surface area contributed by atoms with Crippen molar-refractivity contribution < 1.29 is 23.9 Å². The zero-order valence-corrected chi connectivity index (χ0v) is 10.3. The first-order valence-electron chi connectivity index (χ1n) is 4.46. The molecule has 0 aromatic rings. The Kier molecular flexibility index (Phi) is 7.28. The van der Waals surface area contributed by atoms with Crippen LogP contribution in [0.4, 0.5) is 0 Å². The molecule has 0 saturated heterocycles. The Labute approximate surface area is 98.2 Å². The van der Waals surface area contributed by atoms with Crippen LogP contribution in [0, 0.1) is 0 Å². The van der Waals surface area contributed by atoms with Crippen molar-refractivity contribution in [3.05, 3.63) is 11.6 Å². The minimum atomic E-state index is -0.823. The third-order valence-electron chi connectivity index (χ3n) is 1.70. The Hall–Kier alpha value is -1.30. The number of carbonyl (C=O) groups excluding carboxylic acids is 3. The topological polar surface area (TPSA) is 69.7 Å². The molecule has 0 bridgehead atoms. The van der Waals surface area contributed by atoms with Crippen LogP contribution in [0.5, 0.6) is 0 Å². The van der Waals surface area contributed by atoms with Crippen molar-refractivity contribution in [3.8, 4) is 0 Å². The lowest BCUT2D eigenvalue weighted by molar-refractivity contribution is -0.140. The fourth-order valence-electron chi connectivity index (χ4n) is 0.869. The molecule has 0 amide bonds. The number of carbonyl (C=O) groups is 3. The molecule has 5 nitrogen and oxygen atoms in total. The number of hydrogen-bond donors (Lipinski definition) is 0. The van der Waals surface area contributed by atoms with Crippen LogP contribution in [0.15, 0.2) is 11.6 Å². The van der Waals surface area contributed by atoms with Crippen LogP contribution in [0.25, 0.3) is 0 Å². The summed E-state index contributed by atoms with van der Waals surface area (Å²) in [6, 6.07) is 0. The van der Waals surface area contributed by atoms with Gasteiger partial charge in [0.2, 0.25) is 0 Å². The smallest absolute Gasteiger partial charge is 0.341 e. The van der Waals surface area contributed by atoms with Gasteiger partial charge >= 0.3 is 11.9 Å². The third-order valence-corrected chi connectivity index (χ3v) is 2.31.